The molecule has 0 fully saturated rings. The second-order valence-electron chi connectivity index (χ2n) is 4.32. The summed E-state index contributed by atoms with van der Waals surface area (Å²) in [5, 5.41) is 3.98. The number of benzene rings is 2. The van der Waals surface area contributed by atoms with Gasteiger partial charge in [-0.3, -0.25) is 4.79 Å². The Hall–Kier alpha value is -1.79. The molecule has 2 aromatic carbocycles. The Morgan fingerprint density at radius 1 is 1.27 bits per heavy atom. The Labute approximate surface area is 142 Å². The van der Waals surface area contributed by atoms with E-state index in [1.165, 1.54) is 12.0 Å². The van der Waals surface area contributed by atoms with Gasteiger partial charge in [-0.05, 0) is 42.2 Å². The van der Waals surface area contributed by atoms with Crippen LogP contribution in [0.4, 0.5) is 0 Å². The van der Waals surface area contributed by atoms with E-state index in [0.717, 1.165) is 10.0 Å². The van der Waals surface area contributed by atoms with E-state index in [1.54, 1.807) is 30.1 Å². The van der Waals surface area contributed by atoms with Crippen LogP contribution in [0.2, 0.25) is 0 Å². The molecule has 0 saturated carbocycles. The number of ether oxygens (including phenoxy) is 1. The van der Waals surface area contributed by atoms with Crippen LogP contribution in [0.15, 0.2) is 56.9 Å². The Morgan fingerprint density at radius 3 is 2.64 bits per heavy atom. The number of rotatable bonds is 5. The van der Waals surface area contributed by atoms with E-state index in [9.17, 15) is 4.79 Å². The minimum Gasteiger partial charge on any atom is -0.496 e. The second-order valence-corrected chi connectivity index (χ2v) is 6.11. The Kier molecular flexibility index (Phi) is 6.03. The van der Waals surface area contributed by atoms with Crippen LogP contribution in [-0.4, -0.2) is 25.5 Å². The minimum atomic E-state index is -0.324. The number of carbonyl (C=O) groups is 1. The molecule has 1 amide bonds. The number of methoxy groups -OCH3 is 1. The topological polar surface area (TPSA) is 50.7 Å². The highest BCUT2D eigenvalue weighted by atomic mass is 79.9. The summed E-state index contributed by atoms with van der Waals surface area (Å²) in [4.78, 5) is 13.3. The third-order valence-corrected chi connectivity index (χ3v) is 4.14. The van der Waals surface area contributed by atoms with Crippen molar-refractivity contribution in [3.05, 3.63) is 58.1 Å². The summed E-state index contributed by atoms with van der Waals surface area (Å²) in [6.45, 7) is 0. The molecule has 0 radical (unpaired) electrons. The molecular weight excluding hydrogens is 364 g/mol. The van der Waals surface area contributed by atoms with E-state index in [-0.39, 0.29) is 5.91 Å². The van der Waals surface area contributed by atoms with Gasteiger partial charge in [0.1, 0.15) is 5.75 Å². The van der Waals surface area contributed by atoms with Gasteiger partial charge in [0.15, 0.2) is 0 Å². The highest BCUT2D eigenvalue weighted by Crippen LogP contribution is 2.22. The van der Waals surface area contributed by atoms with Gasteiger partial charge in [-0.15, -0.1) is 11.8 Å². The maximum absolute atomic E-state index is 12.1. The number of hydrazone groups is 1. The van der Waals surface area contributed by atoms with Crippen molar-refractivity contribution in [2.45, 2.75) is 4.90 Å². The molecule has 0 spiro atoms. The van der Waals surface area contributed by atoms with Gasteiger partial charge in [0, 0.05) is 9.37 Å². The monoisotopic (exact) mass is 378 g/mol. The molecule has 0 aliphatic heterocycles. The quantitative estimate of drug-likeness (QED) is 0.486. The van der Waals surface area contributed by atoms with Gasteiger partial charge in [0.2, 0.25) is 0 Å². The lowest BCUT2D eigenvalue weighted by Gasteiger charge is -2.07. The molecule has 4 nitrogen and oxygen atoms in total. The first kappa shape index (κ1) is 16.6. The van der Waals surface area contributed by atoms with Crippen LogP contribution < -0.4 is 10.2 Å². The summed E-state index contributed by atoms with van der Waals surface area (Å²) in [5.41, 5.74) is 3.84. The highest BCUT2D eigenvalue weighted by Gasteiger charge is 2.11. The molecule has 114 valence electrons. The Morgan fingerprint density at radius 2 is 2.00 bits per heavy atom. The summed E-state index contributed by atoms with van der Waals surface area (Å²) in [6, 6.07) is 13.1. The van der Waals surface area contributed by atoms with Crippen molar-refractivity contribution < 1.29 is 9.53 Å². The van der Waals surface area contributed by atoms with E-state index in [2.05, 4.69) is 26.5 Å². The summed E-state index contributed by atoms with van der Waals surface area (Å²) in [6.07, 6.45) is 3.63. The molecular formula is C16H15BrN2O2S. The number of amides is 1. The van der Waals surface area contributed by atoms with Gasteiger partial charge < -0.3 is 4.74 Å². The standard InChI is InChI=1S/C16H15BrN2O2S/c1-21-15-8-5-12(17)9-14(15)16(20)19-18-10-11-3-6-13(22-2)7-4-11/h3-10H,1-2H3,(H,19,20)/b18-10-. The zero-order chi connectivity index (χ0) is 15.9. The van der Waals surface area contributed by atoms with E-state index in [1.807, 2.05) is 36.6 Å². The van der Waals surface area contributed by atoms with Crippen LogP contribution in [0.5, 0.6) is 5.75 Å². The van der Waals surface area contributed by atoms with E-state index >= 15 is 0 Å². The lowest BCUT2D eigenvalue weighted by Crippen LogP contribution is -2.18. The van der Waals surface area contributed by atoms with Crippen LogP contribution in [0.1, 0.15) is 15.9 Å². The summed E-state index contributed by atoms with van der Waals surface area (Å²) >= 11 is 5.01. The SMILES string of the molecule is COc1ccc(Br)cc1C(=O)N/N=C\c1ccc(SC)cc1. The van der Waals surface area contributed by atoms with Crippen molar-refractivity contribution in [3.8, 4) is 5.75 Å². The van der Waals surface area contributed by atoms with Crippen molar-refractivity contribution >= 4 is 39.8 Å². The molecule has 0 aromatic heterocycles. The molecule has 0 atom stereocenters. The molecule has 0 aliphatic rings. The molecule has 0 saturated heterocycles. The highest BCUT2D eigenvalue weighted by molar-refractivity contribution is 9.10. The normalized spacial score (nSPS) is 10.7. The molecule has 6 heteroatoms. The second kappa shape index (κ2) is 8.00. The molecule has 22 heavy (non-hydrogen) atoms. The number of nitrogens with one attached hydrogen (secondary N) is 1. The third-order valence-electron chi connectivity index (χ3n) is 2.90. The zero-order valence-corrected chi connectivity index (χ0v) is 14.6. The van der Waals surface area contributed by atoms with E-state index in [0.29, 0.717) is 11.3 Å². The Bertz CT molecular complexity index is 687. The van der Waals surface area contributed by atoms with Crippen LogP contribution in [-0.2, 0) is 0 Å². The Balaban J connectivity index is 2.05. The molecule has 1 N–H and O–H groups in total. The molecule has 0 aliphatic carbocycles. The molecule has 0 heterocycles. The first-order valence-corrected chi connectivity index (χ1v) is 8.47. The zero-order valence-electron chi connectivity index (χ0n) is 12.2. The largest absolute Gasteiger partial charge is 0.496 e. The van der Waals surface area contributed by atoms with Crippen molar-refractivity contribution in [2.24, 2.45) is 5.10 Å². The summed E-state index contributed by atoms with van der Waals surface area (Å²) < 4.78 is 5.98. The van der Waals surface area contributed by atoms with E-state index in [4.69, 9.17) is 4.74 Å². The molecule has 2 rings (SSSR count). The van der Waals surface area contributed by atoms with Crippen LogP contribution in [0.25, 0.3) is 0 Å². The number of thioether (sulfide) groups is 1. The fraction of sp³-hybridized carbons (Fsp3) is 0.125. The third kappa shape index (κ3) is 4.35. The van der Waals surface area contributed by atoms with Gasteiger partial charge in [-0.25, -0.2) is 5.43 Å². The predicted octanol–water partition coefficient (Wildman–Crippen LogP) is 3.94. The first-order valence-electron chi connectivity index (χ1n) is 6.45. The predicted molar refractivity (Wildman–Crippen MR) is 94.0 cm³/mol. The number of hydrogen-bond donors (Lipinski definition) is 1. The fourth-order valence-corrected chi connectivity index (χ4v) is 2.54. The van der Waals surface area contributed by atoms with Gasteiger partial charge in [-0.2, -0.15) is 5.10 Å². The van der Waals surface area contributed by atoms with Crippen molar-refractivity contribution in [3.63, 3.8) is 0 Å². The average molecular weight is 379 g/mol. The maximum atomic E-state index is 12.1. The van der Waals surface area contributed by atoms with Gasteiger partial charge in [0.25, 0.3) is 5.91 Å². The average Bonchev–Trinajstić information content (AvgIpc) is 2.55. The molecule has 0 unspecified atom stereocenters. The van der Waals surface area contributed by atoms with Crippen molar-refractivity contribution in [2.75, 3.05) is 13.4 Å². The number of halogens is 1. The fourth-order valence-electron chi connectivity index (χ4n) is 1.77. The van der Waals surface area contributed by atoms with E-state index < -0.39 is 0 Å². The maximum Gasteiger partial charge on any atom is 0.275 e. The molecule has 0 bridgehead atoms. The van der Waals surface area contributed by atoms with Crippen LogP contribution in [0.3, 0.4) is 0 Å². The smallest absolute Gasteiger partial charge is 0.275 e. The van der Waals surface area contributed by atoms with Gasteiger partial charge in [0.05, 0.1) is 18.9 Å². The van der Waals surface area contributed by atoms with Gasteiger partial charge >= 0.3 is 0 Å². The minimum absolute atomic E-state index is 0.324. The number of nitrogens with zero attached hydrogens (tertiary/aromatic N) is 1. The first-order chi connectivity index (χ1) is 10.6. The van der Waals surface area contributed by atoms with Gasteiger partial charge in [-0.1, -0.05) is 28.1 Å². The number of carbonyl (C=O) groups excluding carboxylic acids is 1. The number of hydrogen-bond acceptors (Lipinski definition) is 4. The van der Waals surface area contributed by atoms with Crippen LogP contribution >= 0.6 is 27.7 Å². The summed E-state index contributed by atoms with van der Waals surface area (Å²) in [5.74, 6) is 0.176. The lowest BCUT2D eigenvalue weighted by molar-refractivity contribution is 0.0952. The van der Waals surface area contributed by atoms with Crippen molar-refractivity contribution in [1.82, 2.24) is 5.43 Å². The van der Waals surface area contributed by atoms with Crippen LogP contribution in [0, 0.1) is 0 Å². The van der Waals surface area contributed by atoms with Crippen molar-refractivity contribution in [1.29, 1.82) is 0 Å². The lowest BCUT2D eigenvalue weighted by atomic mass is 10.2. The summed E-state index contributed by atoms with van der Waals surface area (Å²) in [7, 11) is 1.52. The molecule has 2 aromatic rings.